The van der Waals surface area contributed by atoms with E-state index in [4.69, 9.17) is 0 Å². The Morgan fingerprint density at radius 1 is 1.15 bits per heavy atom. The highest BCUT2D eigenvalue weighted by atomic mass is 32.2. The highest BCUT2D eigenvalue weighted by Crippen LogP contribution is 2.02. The average molecular weight is 298 g/mol. The molecule has 5 heteroatoms. The van der Waals surface area contributed by atoms with Gasteiger partial charge in [0.15, 0.2) is 0 Å². The second kappa shape index (κ2) is 9.10. The van der Waals surface area contributed by atoms with Gasteiger partial charge in [0.25, 0.3) is 0 Å². The molecular weight excluding hydrogens is 272 g/mol. The van der Waals surface area contributed by atoms with Crippen molar-refractivity contribution >= 4 is 10.0 Å². The summed E-state index contributed by atoms with van der Waals surface area (Å²) in [6, 6.07) is 10.3. The maximum atomic E-state index is 11.6. The fourth-order valence-electron chi connectivity index (χ4n) is 1.96. The Morgan fingerprint density at radius 3 is 2.50 bits per heavy atom. The minimum atomic E-state index is -3.07. The largest absolute Gasteiger partial charge is 0.302 e. The van der Waals surface area contributed by atoms with Gasteiger partial charge < -0.3 is 4.90 Å². The van der Waals surface area contributed by atoms with Crippen molar-refractivity contribution in [3.8, 4) is 0 Å². The molecule has 0 aliphatic carbocycles. The molecule has 0 aromatic heterocycles. The Morgan fingerprint density at radius 2 is 1.85 bits per heavy atom. The van der Waals surface area contributed by atoms with E-state index >= 15 is 0 Å². The lowest BCUT2D eigenvalue weighted by atomic mass is 10.2. The highest BCUT2D eigenvalue weighted by Gasteiger charge is 2.08. The van der Waals surface area contributed by atoms with E-state index in [1.165, 1.54) is 5.56 Å². The zero-order chi connectivity index (χ0) is 14.8. The van der Waals surface area contributed by atoms with Crippen molar-refractivity contribution in [2.75, 3.05) is 25.9 Å². The number of unbranched alkanes of at least 4 members (excludes halogenated alkanes) is 1. The van der Waals surface area contributed by atoms with Crippen LogP contribution < -0.4 is 4.72 Å². The lowest BCUT2D eigenvalue weighted by Gasteiger charge is -2.16. The van der Waals surface area contributed by atoms with Crippen LogP contribution in [0.3, 0.4) is 0 Å². The van der Waals surface area contributed by atoms with Gasteiger partial charge >= 0.3 is 0 Å². The predicted molar refractivity (Wildman–Crippen MR) is 84.1 cm³/mol. The van der Waals surface area contributed by atoms with Crippen LogP contribution in [-0.4, -0.2) is 39.2 Å². The first-order chi connectivity index (χ1) is 9.53. The Balaban J connectivity index is 2.17. The van der Waals surface area contributed by atoms with Gasteiger partial charge in [-0.15, -0.1) is 0 Å². The van der Waals surface area contributed by atoms with Crippen molar-refractivity contribution in [1.82, 2.24) is 9.62 Å². The van der Waals surface area contributed by atoms with Gasteiger partial charge in [0.2, 0.25) is 10.0 Å². The van der Waals surface area contributed by atoms with Crippen LogP contribution in [0.5, 0.6) is 0 Å². The van der Waals surface area contributed by atoms with Crippen molar-refractivity contribution in [2.24, 2.45) is 0 Å². The van der Waals surface area contributed by atoms with Crippen molar-refractivity contribution < 1.29 is 8.42 Å². The summed E-state index contributed by atoms with van der Waals surface area (Å²) in [4.78, 5) is 2.20. The smallest absolute Gasteiger partial charge is 0.211 e. The number of benzene rings is 1. The molecule has 0 aliphatic rings. The zero-order valence-electron chi connectivity index (χ0n) is 12.5. The van der Waals surface area contributed by atoms with Gasteiger partial charge in [-0.2, -0.15) is 0 Å². The van der Waals surface area contributed by atoms with E-state index in [2.05, 4.69) is 28.8 Å². The second-order valence-electron chi connectivity index (χ2n) is 5.14. The summed E-state index contributed by atoms with van der Waals surface area (Å²) in [5.74, 6) is 0.239. The number of rotatable bonds is 10. The lowest BCUT2D eigenvalue weighted by molar-refractivity contribution is 0.322. The van der Waals surface area contributed by atoms with Crippen LogP contribution in [0.15, 0.2) is 30.3 Å². The van der Waals surface area contributed by atoms with Gasteiger partial charge in [0.05, 0.1) is 5.75 Å². The van der Waals surface area contributed by atoms with Crippen molar-refractivity contribution in [2.45, 2.75) is 32.7 Å². The van der Waals surface area contributed by atoms with E-state index in [1.807, 2.05) is 25.1 Å². The maximum Gasteiger partial charge on any atom is 0.211 e. The molecule has 0 aliphatic heterocycles. The molecule has 0 fully saturated rings. The van der Waals surface area contributed by atoms with Gasteiger partial charge in [-0.1, -0.05) is 43.7 Å². The van der Waals surface area contributed by atoms with Gasteiger partial charge in [-0.05, 0) is 32.0 Å². The Hall–Kier alpha value is -0.910. The number of sulfonamides is 1. The molecule has 20 heavy (non-hydrogen) atoms. The minimum absolute atomic E-state index is 0.239. The third-order valence-electron chi connectivity index (χ3n) is 3.10. The normalized spacial score (nSPS) is 11.9. The average Bonchev–Trinajstić information content (AvgIpc) is 2.43. The van der Waals surface area contributed by atoms with Crippen LogP contribution in [0.4, 0.5) is 0 Å². The molecule has 0 bridgehead atoms. The molecule has 0 heterocycles. The molecule has 0 saturated carbocycles. The van der Waals surface area contributed by atoms with Crippen LogP contribution >= 0.6 is 0 Å². The predicted octanol–water partition coefficient (Wildman–Crippen LogP) is 2.23. The summed E-state index contributed by atoms with van der Waals surface area (Å²) in [6.45, 7) is 4.29. The minimum Gasteiger partial charge on any atom is -0.302 e. The maximum absolute atomic E-state index is 11.6. The summed E-state index contributed by atoms with van der Waals surface area (Å²) in [7, 11) is -1.01. The van der Waals surface area contributed by atoms with E-state index in [9.17, 15) is 8.42 Å². The van der Waals surface area contributed by atoms with Gasteiger partial charge in [-0.25, -0.2) is 13.1 Å². The monoisotopic (exact) mass is 298 g/mol. The number of nitrogens with one attached hydrogen (secondary N) is 1. The van der Waals surface area contributed by atoms with Gasteiger partial charge in [0.1, 0.15) is 0 Å². The molecule has 1 aromatic rings. The van der Waals surface area contributed by atoms with Crippen molar-refractivity contribution in [3.05, 3.63) is 35.9 Å². The molecule has 1 N–H and O–H groups in total. The second-order valence-corrected chi connectivity index (χ2v) is 7.07. The topological polar surface area (TPSA) is 49.4 Å². The zero-order valence-corrected chi connectivity index (χ0v) is 13.3. The SMILES string of the molecule is CCCCS(=O)(=O)NCCCN(C)Cc1ccccc1. The fraction of sp³-hybridized carbons (Fsp3) is 0.600. The van der Waals surface area contributed by atoms with Gasteiger partial charge in [0, 0.05) is 13.1 Å². The summed E-state index contributed by atoms with van der Waals surface area (Å²) in [5, 5.41) is 0. The molecule has 0 radical (unpaired) electrons. The first kappa shape index (κ1) is 17.1. The Labute approximate surface area is 123 Å². The van der Waals surface area contributed by atoms with E-state index in [0.717, 1.165) is 32.4 Å². The summed E-state index contributed by atoms with van der Waals surface area (Å²) in [6.07, 6.45) is 2.46. The van der Waals surface area contributed by atoms with Crippen LogP contribution in [0.1, 0.15) is 31.7 Å². The molecule has 0 atom stereocenters. The van der Waals surface area contributed by atoms with Crippen molar-refractivity contribution in [3.63, 3.8) is 0 Å². The first-order valence-electron chi connectivity index (χ1n) is 7.23. The molecule has 0 saturated heterocycles. The summed E-state index contributed by atoms with van der Waals surface area (Å²) in [5.41, 5.74) is 1.28. The lowest BCUT2D eigenvalue weighted by Crippen LogP contribution is -2.29. The first-order valence-corrected chi connectivity index (χ1v) is 8.88. The van der Waals surface area contributed by atoms with E-state index in [-0.39, 0.29) is 5.75 Å². The van der Waals surface area contributed by atoms with Crippen LogP contribution in [0.2, 0.25) is 0 Å². The molecule has 0 unspecified atom stereocenters. The van der Waals surface area contributed by atoms with Gasteiger partial charge in [-0.3, -0.25) is 0 Å². The Bertz CT molecular complexity index is 460. The molecule has 0 spiro atoms. The van der Waals surface area contributed by atoms with Crippen LogP contribution in [0.25, 0.3) is 0 Å². The van der Waals surface area contributed by atoms with E-state index < -0.39 is 10.0 Å². The molecule has 4 nitrogen and oxygen atoms in total. The molecule has 0 amide bonds. The quantitative estimate of drug-likeness (QED) is 0.674. The third-order valence-corrected chi connectivity index (χ3v) is 4.57. The number of hydrogen-bond acceptors (Lipinski definition) is 3. The van der Waals surface area contributed by atoms with Crippen molar-refractivity contribution in [1.29, 1.82) is 0 Å². The number of nitrogens with zero attached hydrogens (tertiary/aromatic N) is 1. The Kier molecular flexibility index (Phi) is 7.80. The molecule has 114 valence electrons. The van der Waals surface area contributed by atoms with E-state index in [0.29, 0.717) is 6.54 Å². The number of hydrogen-bond donors (Lipinski definition) is 1. The van der Waals surface area contributed by atoms with E-state index in [1.54, 1.807) is 0 Å². The van der Waals surface area contributed by atoms with Crippen LogP contribution in [0, 0.1) is 0 Å². The highest BCUT2D eigenvalue weighted by molar-refractivity contribution is 7.89. The van der Waals surface area contributed by atoms with Crippen LogP contribution in [-0.2, 0) is 16.6 Å². The molecule has 1 aromatic carbocycles. The summed E-state index contributed by atoms with van der Waals surface area (Å²) < 4.78 is 25.9. The fourth-order valence-corrected chi connectivity index (χ4v) is 3.23. The third kappa shape index (κ3) is 7.62. The standard InChI is InChI=1S/C15H26N2O2S/c1-3-4-13-20(18,19)16-11-8-12-17(2)14-15-9-6-5-7-10-15/h5-7,9-10,16H,3-4,8,11-14H2,1-2H3. The molecular formula is C15H26N2O2S. The summed E-state index contributed by atoms with van der Waals surface area (Å²) >= 11 is 0. The molecule has 1 rings (SSSR count).